The molecule has 0 saturated heterocycles. The lowest BCUT2D eigenvalue weighted by Gasteiger charge is -2.15. The van der Waals surface area contributed by atoms with Crippen LogP contribution in [0.25, 0.3) is 22.3 Å². The number of hydrogen-bond donors (Lipinski definition) is 2. The fourth-order valence-corrected chi connectivity index (χ4v) is 3.28. The molecule has 8 heteroatoms. The highest BCUT2D eigenvalue weighted by molar-refractivity contribution is 5.98. The molecule has 2 N–H and O–H groups in total. The Labute approximate surface area is 161 Å². The van der Waals surface area contributed by atoms with Crippen molar-refractivity contribution in [2.75, 3.05) is 40.0 Å². The first-order valence-corrected chi connectivity index (χ1v) is 8.49. The summed E-state index contributed by atoms with van der Waals surface area (Å²) in [5, 5.41) is 21.5. The maximum atomic E-state index is 10.7. The zero-order valence-electron chi connectivity index (χ0n) is 15.9. The number of phenols is 1. The van der Waals surface area contributed by atoms with Gasteiger partial charge in [0.2, 0.25) is 18.3 Å². The van der Waals surface area contributed by atoms with E-state index in [9.17, 15) is 10.2 Å². The second-order valence-corrected chi connectivity index (χ2v) is 6.46. The molecule has 2 aromatic carbocycles. The van der Waals surface area contributed by atoms with Crippen LogP contribution in [0.15, 0.2) is 28.7 Å². The van der Waals surface area contributed by atoms with Crippen LogP contribution in [0.5, 0.6) is 34.5 Å². The predicted molar refractivity (Wildman–Crippen MR) is 103 cm³/mol. The summed E-state index contributed by atoms with van der Waals surface area (Å²) < 4.78 is 27.5. The number of nitrogens with zero attached hydrogens (tertiary/aromatic N) is 1. The SMILES string of the molecule is COc1cc(-c2[o+]c3cc4c(c(N(C)C)c3cc2O)OCO4)cc(OC)c1O. The molecule has 0 aliphatic carbocycles. The van der Waals surface area contributed by atoms with Crippen LogP contribution in [-0.2, 0) is 0 Å². The molecular formula is C20H20NO7+. The van der Waals surface area contributed by atoms with Gasteiger partial charge in [-0.05, 0) is 0 Å². The van der Waals surface area contributed by atoms with Crippen molar-refractivity contribution in [3.8, 4) is 45.8 Å². The van der Waals surface area contributed by atoms with Gasteiger partial charge in [-0.1, -0.05) is 0 Å². The molecule has 0 bridgehead atoms. The molecule has 28 heavy (non-hydrogen) atoms. The largest absolute Gasteiger partial charge is 0.502 e. The number of benzene rings is 2. The molecule has 0 unspecified atom stereocenters. The van der Waals surface area contributed by atoms with Crippen molar-refractivity contribution in [1.29, 1.82) is 0 Å². The van der Waals surface area contributed by atoms with Crippen molar-refractivity contribution in [2.24, 2.45) is 0 Å². The van der Waals surface area contributed by atoms with Crippen LogP contribution in [0.3, 0.4) is 0 Å². The summed E-state index contributed by atoms with van der Waals surface area (Å²) in [5.74, 6) is 1.56. The third-order valence-electron chi connectivity index (χ3n) is 4.55. The van der Waals surface area contributed by atoms with Crippen molar-refractivity contribution in [3.05, 3.63) is 24.3 Å². The molecule has 8 nitrogen and oxygen atoms in total. The second-order valence-electron chi connectivity index (χ2n) is 6.46. The zero-order valence-corrected chi connectivity index (χ0v) is 15.9. The summed E-state index contributed by atoms with van der Waals surface area (Å²) in [6.07, 6.45) is 0. The molecule has 2 heterocycles. The fourth-order valence-electron chi connectivity index (χ4n) is 3.28. The van der Waals surface area contributed by atoms with Crippen LogP contribution in [0, 0.1) is 0 Å². The molecule has 0 atom stereocenters. The zero-order chi connectivity index (χ0) is 20.0. The Morgan fingerprint density at radius 1 is 1.00 bits per heavy atom. The second kappa shape index (κ2) is 6.56. The Hall–Kier alpha value is -3.55. The lowest BCUT2D eigenvalue weighted by Crippen LogP contribution is -2.10. The van der Waals surface area contributed by atoms with E-state index in [4.69, 9.17) is 23.4 Å². The average molecular weight is 386 g/mol. The van der Waals surface area contributed by atoms with E-state index < -0.39 is 0 Å². The molecule has 4 rings (SSSR count). The normalized spacial score (nSPS) is 12.3. The van der Waals surface area contributed by atoms with Gasteiger partial charge >= 0.3 is 11.3 Å². The van der Waals surface area contributed by atoms with Crippen molar-refractivity contribution in [3.63, 3.8) is 0 Å². The minimum absolute atomic E-state index is 0.0794. The Morgan fingerprint density at radius 3 is 2.29 bits per heavy atom. The van der Waals surface area contributed by atoms with E-state index in [1.54, 1.807) is 24.3 Å². The van der Waals surface area contributed by atoms with Gasteiger partial charge in [-0.2, -0.15) is 0 Å². The predicted octanol–water partition coefficient (Wildman–Crippen LogP) is 3.60. The number of aromatic hydroxyl groups is 2. The number of hydrogen-bond acceptors (Lipinski definition) is 7. The molecule has 0 spiro atoms. The number of rotatable bonds is 4. The minimum atomic E-state index is -0.132. The topological polar surface area (TPSA) is 91.9 Å². The first-order valence-electron chi connectivity index (χ1n) is 8.49. The van der Waals surface area contributed by atoms with E-state index in [0.717, 1.165) is 5.69 Å². The lowest BCUT2D eigenvalue weighted by atomic mass is 10.1. The molecule has 0 amide bonds. The van der Waals surface area contributed by atoms with Crippen LogP contribution >= 0.6 is 0 Å². The van der Waals surface area contributed by atoms with E-state index in [-0.39, 0.29) is 35.6 Å². The van der Waals surface area contributed by atoms with Gasteiger partial charge in [0.25, 0.3) is 0 Å². The van der Waals surface area contributed by atoms with Crippen LogP contribution in [0.1, 0.15) is 0 Å². The third-order valence-corrected chi connectivity index (χ3v) is 4.55. The van der Waals surface area contributed by atoms with Crippen molar-refractivity contribution in [1.82, 2.24) is 0 Å². The maximum absolute atomic E-state index is 10.7. The Kier molecular flexibility index (Phi) is 4.18. The van der Waals surface area contributed by atoms with Gasteiger partial charge in [-0.3, -0.25) is 0 Å². The molecule has 146 valence electrons. The summed E-state index contributed by atoms with van der Waals surface area (Å²) in [6.45, 7) is 0.123. The molecule has 1 aliphatic heterocycles. The number of ether oxygens (including phenoxy) is 4. The highest BCUT2D eigenvalue weighted by Crippen LogP contribution is 2.49. The van der Waals surface area contributed by atoms with Gasteiger partial charge in [-0.25, -0.2) is 4.42 Å². The first kappa shape index (κ1) is 17.8. The van der Waals surface area contributed by atoms with Gasteiger partial charge in [0.05, 0.1) is 25.8 Å². The van der Waals surface area contributed by atoms with Gasteiger partial charge in [0, 0.05) is 32.3 Å². The lowest BCUT2D eigenvalue weighted by molar-refractivity contribution is 0.174. The Balaban J connectivity index is 1.98. The highest BCUT2D eigenvalue weighted by atomic mass is 16.7. The van der Waals surface area contributed by atoms with Crippen molar-refractivity contribution < 1.29 is 33.6 Å². The Bertz CT molecular complexity index is 1050. The van der Waals surface area contributed by atoms with Crippen molar-refractivity contribution >= 4 is 16.7 Å². The van der Waals surface area contributed by atoms with Crippen LogP contribution in [0.4, 0.5) is 5.69 Å². The number of methoxy groups -OCH3 is 2. The quantitative estimate of drug-likeness (QED) is 0.657. The Morgan fingerprint density at radius 2 is 1.68 bits per heavy atom. The molecule has 3 aromatic rings. The summed E-state index contributed by atoms with van der Waals surface area (Å²) in [7, 11) is 6.61. The molecule has 1 aromatic heterocycles. The number of anilines is 1. The summed E-state index contributed by atoms with van der Waals surface area (Å²) >= 11 is 0. The molecule has 0 radical (unpaired) electrons. The van der Waals surface area contributed by atoms with E-state index in [0.29, 0.717) is 28.0 Å². The van der Waals surface area contributed by atoms with Crippen LogP contribution in [-0.4, -0.2) is 45.3 Å². The third kappa shape index (κ3) is 2.65. The van der Waals surface area contributed by atoms with Gasteiger partial charge in [-0.15, -0.1) is 0 Å². The molecule has 0 saturated carbocycles. The van der Waals surface area contributed by atoms with Gasteiger partial charge < -0.3 is 34.1 Å². The summed E-state index contributed by atoms with van der Waals surface area (Å²) in [5.41, 5.74) is 1.73. The van der Waals surface area contributed by atoms with Crippen LogP contribution < -0.4 is 23.8 Å². The van der Waals surface area contributed by atoms with E-state index in [1.807, 2.05) is 19.0 Å². The summed E-state index contributed by atoms with van der Waals surface area (Å²) in [6, 6.07) is 6.45. The van der Waals surface area contributed by atoms with E-state index >= 15 is 0 Å². The maximum Gasteiger partial charge on any atom is 0.402 e. The molecule has 0 fully saturated rings. The number of phenolic OH excluding ortho intramolecular Hbond substituents is 1. The van der Waals surface area contributed by atoms with Crippen LogP contribution in [0.2, 0.25) is 0 Å². The van der Waals surface area contributed by atoms with Gasteiger partial charge in [0.15, 0.2) is 23.0 Å². The van der Waals surface area contributed by atoms with Crippen molar-refractivity contribution in [2.45, 2.75) is 0 Å². The van der Waals surface area contributed by atoms with E-state index in [1.165, 1.54) is 14.2 Å². The highest BCUT2D eigenvalue weighted by Gasteiger charge is 2.31. The molecule has 1 aliphatic rings. The minimum Gasteiger partial charge on any atom is -0.502 e. The first-order chi connectivity index (χ1) is 13.4. The van der Waals surface area contributed by atoms with E-state index in [2.05, 4.69) is 0 Å². The average Bonchev–Trinajstić information content (AvgIpc) is 3.13. The number of fused-ring (bicyclic) bond motifs is 2. The fraction of sp³-hybridized carbons (Fsp3) is 0.250. The standard InChI is InChI=1S/C20H19NO7/c1-21(2)17-11-7-12(22)19(28-13(11)8-16-20(17)27-9-26-16)10-5-14(24-3)18(23)15(6-10)25-4/h5-8H,9H2,1-4H3,(H-,22,23)/p+1. The monoisotopic (exact) mass is 386 g/mol. The smallest absolute Gasteiger partial charge is 0.402 e. The summed E-state index contributed by atoms with van der Waals surface area (Å²) in [4.78, 5) is 1.87. The van der Waals surface area contributed by atoms with Gasteiger partial charge in [0.1, 0.15) is 11.1 Å². The molecular weight excluding hydrogens is 366 g/mol.